The fourth-order valence-electron chi connectivity index (χ4n) is 2.97. The van der Waals surface area contributed by atoms with E-state index in [0.717, 1.165) is 24.3 Å². The SMILES string of the molecule is CN=C(NCCCOc1ccc2ccccc2c1)NCc1cccc(C(N)=O)c1.I. The summed E-state index contributed by atoms with van der Waals surface area (Å²) in [5.74, 6) is 1.14. The lowest BCUT2D eigenvalue weighted by atomic mass is 10.1. The number of nitrogens with one attached hydrogen (secondary N) is 2. The first-order chi connectivity index (χ1) is 14.2. The molecular weight excluding hydrogens is 491 g/mol. The van der Waals surface area contributed by atoms with Gasteiger partial charge in [-0.2, -0.15) is 0 Å². The van der Waals surface area contributed by atoms with E-state index in [2.05, 4.69) is 39.9 Å². The van der Waals surface area contributed by atoms with Crippen molar-refractivity contribution < 1.29 is 9.53 Å². The third-order valence-corrected chi connectivity index (χ3v) is 4.50. The second-order valence-corrected chi connectivity index (χ2v) is 6.63. The number of halogens is 1. The lowest BCUT2D eigenvalue weighted by molar-refractivity contribution is 0.1000. The average Bonchev–Trinajstić information content (AvgIpc) is 2.75. The molecule has 0 heterocycles. The van der Waals surface area contributed by atoms with Crippen LogP contribution in [0.15, 0.2) is 71.7 Å². The van der Waals surface area contributed by atoms with Gasteiger partial charge in [-0.1, -0.05) is 42.5 Å². The van der Waals surface area contributed by atoms with E-state index >= 15 is 0 Å². The third-order valence-electron chi connectivity index (χ3n) is 4.50. The molecule has 3 rings (SSSR count). The van der Waals surface area contributed by atoms with E-state index in [4.69, 9.17) is 10.5 Å². The monoisotopic (exact) mass is 518 g/mol. The van der Waals surface area contributed by atoms with Crippen LogP contribution < -0.4 is 21.1 Å². The number of amides is 1. The third kappa shape index (κ3) is 6.91. The van der Waals surface area contributed by atoms with Gasteiger partial charge in [-0.3, -0.25) is 9.79 Å². The molecule has 0 aliphatic rings. The van der Waals surface area contributed by atoms with Crippen LogP contribution in [0.1, 0.15) is 22.3 Å². The number of rotatable bonds is 8. The van der Waals surface area contributed by atoms with Crippen molar-refractivity contribution in [1.82, 2.24) is 10.6 Å². The highest BCUT2D eigenvalue weighted by Gasteiger charge is 2.03. The number of hydrogen-bond donors (Lipinski definition) is 3. The predicted octanol–water partition coefficient (Wildman–Crippen LogP) is 3.69. The first-order valence-electron chi connectivity index (χ1n) is 9.60. The molecule has 0 unspecified atom stereocenters. The molecule has 0 atom stereocenters. The van der Waals surface area contributed by atoms with Crippen LogP contribution in [0.3, 0.4) is 0 Å². The smallest absolute Gasteiger partial charge is 0.248 e. The first kappa shape index (κ1) is 23.5. The summed E-state index contributed by atoms with van der Waals surface area (Å²) >= 11 is 0. The average molecular weight is 518 g/mol. The lowest BCUT2D eigenvalue weighted by Gasteiger charge is -2.13. The molecule has 0 aliphatic carbocycles. The number of carbonyl (C=O) groups excluding carboxylic acids is 1. The van der Waals surface area contributed by atoms with Crippen LogP contribution >= 0.6 is 24.0 Å². The van der Waals surface area contributed by atoms with Crippen molar-refractivity contribution in [2.45, 2.75) is 13.0 Å². The lowest BCUT2D eigenvalue weighted by Crippen LogP contribution is -2.37. The Morgan fingerprint density at radius 3 is 2.57 bits per heavy atom. The minimum absolute atomic E-state index is 0. The van der Waals surface area contributed by atoms with Crippen molar-refractivity contribution in [2.24, 2.45) is 10.7 Å². The fraction of sp³-hybridized carbons (Fsp3) is 0.217. The molecule has 0 aliphatic heterocycles. The summed E-state index contributed by atoms with van der Waals surface area (Å²) in [6.07, 6.45) is 0.838. The van der Waals surface area contributed by atoms with Gasteiger partial charge in [0.25, 0.3) is 0 Å². The molecule has 3 aromatic rings. The Morgan fingerprint density at radius 1 is 1.00 bits per heavy atom. The highest BCUT2D eigenvalue weighted by Crippen LogP contribution is 2.20. The van der Waals surface area contributed by atoms with Crippen molar-refractivity contribution in [2.75, 3.05) is 20.2 Å². The highest BCUT2D eigenvalue weighted by atomic mass is 127. The maximum atomic E-state index is 11.3. The molecular formula is C23H27IN4O2. The number of fused-ring (bicyclic) bond motifs is 1. The van der Waals surface area contributed by atoms with Crippen LogP contribution in [-0.2, 0) is 6.54 Å². The highest BCUT2D eigenvalue weighted by molar-refractivity contribution is 14.0. The summed E-state index contributed by atoms with van der Waals surface area (Å²) in [5.41, 5.74) is 6.78. The van der Waals surface area contributed by atoms with Crippen LogP contribution in [0.2, 0.25) is 0 Å². The maximum Gasteiger partial charge on any atom is 0.248 e. The van der Waals surface area contributed by atoms with Gasteiger partial charge in [0, 0.05) is 25.7 Å². The number of benzene rings is 3. The molecule has 4 N–H and O–H groups in total. The standard InChI is InChI=1S/C23H26N4O2.HI/c1-25-23(27-16-17-6-4-9-20(14-17)22(24)28)26-12-5-13-29-21-11-10-18-7-2-3-8-19(18)15-21;/h2-4,6-11,14-15H,5,12-13,16H2,1H3,(H2,24,28)(H2,25,26,27);1H. The van der Waals surface area contributed by atoms with Crippen molar-refractivity contribution in [3.05, 3.63) is 77.9 Å². The van der Waals surface area contributed by atoms with Gasteiger partial charge < -0.3 is 21.1 Å². The second-order valence-electron chi connectivity index (χ2n) is 6.63. The molecule has 0 radical (unpaired) electrons. The van der Waals surface area contributed by atoms with Gasteiger partial charge in [0.15, 0.2) is 5.96 Å². The summed E-state index contributed by atoms with van der Waals surface area (Å²) in [4.78, 5) is 15.5. The molecule has 0 spiro atoms. The summed E-state index contributed by atoms with van der Waals surface area (Å²) in [5, 5.41) is 8.87. The number of hydrogen-bond acceptors (Lipinski definition) is 3. The van der Waals surface area contributed by atoms with Gasteiger partial charge in [0.05, 0.1) is 6.61 Å². The van der Waals surface area contributed by atoms with E-state index < -0.39 is 5.91 Å². The normalized spacial score (nSPS) is 10.9. The zero-order valence-corrected chi connectivity index (χ0v) is 19.3. The summed E-state index contributed by atoms with van der Waals surface area (Å²) in [6, 6.07) is 21.6. The van der Waals surface area contributed by atoms with E-state index in [1.54, 1.807) is 19.2 Å². The van der Waals surface area contributed by atoms with Crippen molar-refractivity contribution in [3.8, 4) is 5.75 Å². The van der Waals surface area contributed by atoms with Crippen LogP contribution in [0.25, 0.3) is 10.8 Å². The first-order valence-corrected chi connectivity index (χ1v) is 9.60. The van der Waals surface area contributed by atoms with E-state index in [9.17, 15) is 4.79 Å². The molecule has 0 saturated heterocycles. The molecule has 3 aromatic carbocycles. The van der Waals surface area contributed by atoms with Crippen molar-refractivity contribution >= 4 is 46.6 Å². The number of ether oxygens (including phenoxy) is 1. The van der Waals surface area contributed by atoms with Gasteiger partial charge in [-0.15, -0.1) is 24.0 Å². The Balaban J connectivity index is 0.00000320. The van der Waals surface area contributed by atoms with Gasteiger partial charge in [-0.25, -0.2) is 0 Å². The minimum Gasteiger partial charge on any atom is -0.494 e. The summed E-state index contributed by atoms with van der Waals surface area (Å²) in [7, 11) is 1.72. The zero-order chi connectivity index (χ0) is 20.5. The fourth-order valence-corrected chi connectivity index (χ4v) is 2.97. The Kier molecular flexibility index (Phi) is 9.40. The van der Waals surface area contributed by atoms with Crippen LogP contribution in [-0.4, -0.2) is 32.1 Å². The number of guanidine groups is 1. The molecule has 6 nitrogen and oxygen atoms in total. The number of nitrogens with zero attached hydrogens (tertiary/aromatic N) is 1. The Hall–Kier alpha value is -2.81. The second kappa shape index (κ2) is 12.0. The van der Waals surface area contributed by atoms with Gasteiger partial charge in [-0.05, 0) is 47.0 Å². The number of nitrogens with two attached hydrogens (primary N) is 1. The Labute approximate surface area is 193 Å². The Bertz CT molecular complexity index is 1010. The largest absolute Gasteiger partial charge is 0.494 e. The molecule has 158 valence electrons. The number of primary amides is 1. The van der Waals surface area contributed by atoms with Crippen LogP contribution in [0.4, 0.5) is 0 Å². The molecule has 0 aromatic heterocycles. The van der Waals surface area contributed by atoms with E-state index in [1.165, 1.54) is 10.8 Å². The quantitative estimate of drug-likeness (QED) is 0.184. The molecule has 1 amide bonds. The molecule has 7 heteroatoms. The van der Waals surface area contributed by atoms with Gasteiger partial charge in [0.1, 0.15) is 5.75 Å². The summed E-state index contributed by atoms with van der Waals surface area (Å²) < 4.78 is 5.85. The summed E-state index contributed by atoms with van der Waals surface area (Å²) in [6.45, 7) is 1.89. The van der Waals surface area contributed by atoms with Crippen molar-refractivity contribution in [1.29, 1.82) is 0 Å². The Morgan fingerprint density at radius 2 is 1.80 bits per heavy atom. The zero-order valence-electron chi connectivity index (χ0n) is 16.9. The van der Waals surface area contributed by atoms with Crippen LogP contribution in [0.5, 0.6) is 5.75 Å². The minimum atomic E-state index is -0.430. The molecule has 0 fully saturated rings. The number of carbonyl (C=O) groups is 1. The van der Waals surface area contributed by atoms with E-state index in [0.29, 0.717) is 24.7 Å². The van der Waals surface area contributed by atoms with E-state index in [-0.39, 0.29) is 24.0 Å². The van der Waals surface area contributed by atoms with Crippen molar-refractivity contribution in [3.63, 3.8) is 0 Å². The molecule has 0 saturated carbocycles. The predicted molar refractivity (Wildman–Crippen MR) is 133 cm³/mol. The van der Waals surface area contributed by atoms with Gasteiger partial charge >= 0.3 is 0 Å². The van der Waals surface area contributed by atoms with Gasteiger partial charge in [0.2, 0.25) is 5.91 Å². The topological polar surface area (TPSA) is 88.7 Å². The maximum absolute atomic E-state index is 11.3. The molecule has 0 bridgehead atoms. The van der Waals surface area contributed by atoms with Crippen LogP contribution in [0, 0.1) is 0 Å². The van der Waals surface area contributed by atoms with E-state index in [1.807, 2.05) is 30.3 Å². The number of aliphatic imine (C=N–C) groups is 1. The molecule has 30 heavy (non-hydrogen) atoms.